The number of aliphatic hydroxyl groups is 1. The fourth-order valence-corrected chi connectivity index (χ4v) is 4.09. The molecular weight excluding hydrogens is 418 g/mol. The number of esters is 1. The van der Waals surface area contributed by atoms with Gasteiger partial charge >= 0.3 is 5.97 Å². The molecule has 166 valence electrons. The molecule has 0 saturated carbocycles. The zero-order chi connectivity index (χ0) is 23.7. The van der Waals surface area contributed by atoms with Gasteiger partial charge in [-0.25, -0.2) is 4.79 Å². The summed E-state index contributed by atoms with van der Waals surface area (Å²) in [4.78, 5) is 39.9. The molecule has 0 spiro atoms. The number of carbonyl (C=O) groups is 3. The van der Waals surface area contributed by atoms with Crippen LogP contribution in [-0.2, 0) is 14.3 Å². The van der Waals surface area contributed by atoms with Crippen LogP contribution in [0.3, 0.4) is 0 Å². The molecule has 1 amide bonds. The van der Waals surface area contributed by atoms with Gasteiger partial charge in [-0.05, 0) is 49.2 Å². The molecule has 0 aliphatic carbocycles. The fraction of sp³-hybridized carbons (Fsp3) is 0.148. The van der Waals surface area contributed by atoms with E-state index in [0.29, 0.717) is 16.8 Å². The zero-order valence-corrected chi connectivity index (χ0v) is 18.5. The van der Waals surface area contributed by atoms with E-state index in [1.165, 1.54) is 18.1 Å². The molecule has 6 heteroatoms. The number of nitrogens with zero attached hydrogens (tertiary/aromatic N) is 1. The summed E-state index contributed by atoms with van der Waals surface area (Å²) in [6.07, 6.45) is 0. The largest absolute Gasteiger partial charge is 0.507 e. The van der Waals surface area contributed by atoms with Gasteiger partial charge in [0.05, 0.1) is 24.3 Å². The van der Waals surface area contributed by atoms with Crippen LogP contribution < -0.4 is 4.90 Å². The van der Waals surface area contributed by atoms with E-state index >= 15 is 0 Å². The minimum atomic E-state index is -0.862. The summed E-state index contributed by atoms with van der Waals surface area (Å²) in [5.41, 5.74) is 3.46. The predicted octanol–water partition coefficient (Wildman–Crippen LogP) is 4.72. The number of benzene rings is 3. The number of methoxy groups -OCH3 is 1. The fourth-order valence-electron chi connectivity index (χ4n) is 4.09. The summed E-state index contributed by atoms with van der Waals surface area (Å²) in [7, 11) is 1.27. The first-order valence-electron chi connectivity index (χ1n) is 10.5. The average molecular weight is 441 g/mol. The van der Waals surface area contributed by atoms with Crippen molar-refractivity contribution < 1.29 is 24.2 Å². The highest BCUT2D eigenvalue weighted by Crippen LogP contribution is 2.42. The highest BCUT2D eigenvalue weighted by atomic mass is 16.5. The van der Waals surface area contributed by atoms with Crippen LogP contribution in [0, 0.1) is 13.8 Å². The van der Waals surface area contributed by atoms with Gasteiger partial charge < -0.3 is 9.84 Å². The molecule has 4 rings (SSSR count). The number of rotatable bonds is 4. The highest BCUT2D eigenvalue weighted by molar-refractivity contribution is 6.51. The van der Waals surface area contributed by atoms with Crippen LogP contribution in [0.4, 0.5) is 5.69 Å². The van der Waals surface area contributed by atoms with Crippen LogP contribution in [-0.4, -0.2) is 29.9 Å². The second-order valence-electron chi connectivity index (χ2n) is 7.94. The molecule has 1 fully saturated rings. The van der Waals surface area contributed by atoms with Gasteiger partial charge in [0.15, 0.2) is 0 Å². The summed E-state index contributed by atoms with van der Waals surface area (Å²) in [5, 5.41) is 11.3. The number of amides is 1. The quantitative estimate of drug-likeness (QED) is 0.274. The first kappa shape index (κ1) is 22.0. The third kappa shape index (κ3) is 3.91. The van der Waals surface area contributed by atoms with E-state index in [9.17, 15) is 19.5 Å². The lowest BCUT2D eigenvalue weighted by atomic mass is 9.93. The molecule has 1 aliphatic rings. The first-order chi connectivity index (χ1) is 15.8. The molecule has 1 aliphatic heterocycles. The van der Waals surface area contributed by atoms with Gasteiger partial charge in [0.25, 0.3) is 11.7 Å². The molecular formula is C27H23NO5. The summed E-state index contributed by atoms with van der Waals surface area (Å²) in [6, 6.07) is 20.1. The highest BCUT2D eigenvalue weighted by Gasteiger charge is 2.47. The standard InChI is InChI=1S/C27H23NO5/c1-16-12-13-17(2)21(14-16)24(29)22-23(18-8-5-4-6-9-18)28(26(31)25(22)30)20-11-7-10-19(15-20)27(32)33-3/h4-15,23,29H,1-3H3/b24-22+. The normalized spacial score (nSPS) is 17.3. The lowest BCUT2D eigenvalue weighted by molar-refractivity contribution is -0.132. The zero-order valence-electron chi connectivity index (χ0n) is 18.5. The molecule has 3 aromatic carbocycles. The van der Waals surface area contributed by atoms with E-state index < -0.39 is 23.7 Å². The predicted molar refractivity (Wildman–Crippen MR) is 125 cm³/mol. The number of ether oxygens (including phenoxy) is 1. The maximum atomic E-state index is 13.3. The molecule has 1 heterocycles. The number of aliphatic hydroxyl groups excluding tert-OH is 1. The molecule has 3 aromatic rings. The third-order valence-electron chi connectivity index (χ3n) is 5.75. The van der Waals surface area contributed by atoms with Crippen molar-refractivity contribution in [2.24, 2.45) is 0 Å². The van der Waals surface area contributed by atoms with Gasteiger partial charge in [-0.15, -0.1) is 0 Å². The van der Waals surface area contributed by atoms with Crippen molar-refractivity contribution in [3.05, 3.63) is 106 Å². The van der Waals surface area contributed by atoms with Crippen molar-refractivity contribution in [3.63, 3.8) is 0 Å². The van der Waals surface area contributed by atoms with Gasteiger partial charge in [-0.2, -0.15) is 0 Å². The molecule has 0 radical (unpaired) electrons. The summed E-state index contributed by atoms with van der Waals surface area (Å²) < 4.78 is 4.80. The Labute approximate surface area is 191 Å². The van der Waals surface area contributed by atoms with Gasteiger partial charge in [0.2, 0.25) is 0 Å². The van der Waals surface area contributed by atoms with Crippen LogP contribution in [0.25, 0.3) is 5.76 Å². The second-order valence-corrected chi connectivity index (χ2v) is 7.94. The van der Waals surface area contributed by atoms with Crippen molar-refractivity contribution in [1.29, 1.82) is 0 Å². The summed E-state index contributed by atoms with van der Waals surface area (Å²) in [6.45, 7) is 3.73. The van der Waals surface area contributed by atoms with E-state index in [2.05, 4.69) is 0 Å². The number of hydrogen-bond donors (Lipinski definition) is 1. The number of Topliss-reactive ketones (excluding diaryl/α,β-unsaturated/α-hetero) is 1. The Morgan fingerprint density at radius 2 is 1.67 bits per heavy atom. The average Bonchev–Trinajstić information content (AvgIpc) is 3.10. The molecule has 1 saturated heterocycles. The van der Waals surface area contributed by atoms with Gasteiger partial charge in [-0.3, -0.25) is 14.5 Å². The van der Waals surface area contributed by atoms with Gasteiger partial charge in [0, 0.05) is 11.3 Å². The van der Waals surface area contributed by atoms with E-state index in [1.807, 2.05) is 32.0 Å². The van der Waals surface area contributed by atoms with Crippen LogP contribution in [0.1, 0.15) is 38.7 Å². The SMILES string of the molecule is COC(=O)c1cccc(N2C(=O)C(=O)/C(=C(/O)c3cc(C)ccc3C)C2c2ccccc2)c1. The molecule has 1 N–H and O–H groups in total. The maximum Gasteiger partial charge on any atom is 0.337 e. The van der Waals surface area contributed by atoms with Crippen molar-refractivity contribution in [1.82, 2.24) is 0 Å². The lowest BCUT2D eigenvalue weighted by Crippen LogP contribution is -2.29. The van der Waals surface area contributed by atoms with Crippen molar-refractivity contribution in [3.8, 4) is 0 Å². The van der Waals surface area contributed by atoms with Crippen LogP contribution in [0.5, 0.6) is 0 Å². The molecule has 0 bridgehead atoms. The van der Waals surface area contributed by atoms with E-state index in [0.717, 1.165) is 11.1 Å². The van der Waals surface area contributed by atoms with E-state index in [1.54, 1.807) is 48.5 Å². The maximum absolute atomic E-state index is 13.3. The Balaban J connectivity index is 1.96. The van der Waals surface area contributed by atoms with Gasteiger partial charge in [0.1, 0.15) is 5.76 Å². The number of hydrogen-bond acceptors (Lipinski definition) is 5. The summed E-state index contributed by atoms with van der Waals surface area (Å²) in [5.74, 6) is -2.35. The van der Waals surface area contributed by atoms with Crippen LogP contribution in [0.15, 0.2) is 78.4 Å². The Kier molecular flexibility index (Phi) is 5.84. The third-order valence-corrected chi connectivity index (χ3v) is 5.75. The summed E-state index contributed by atoms with van der Waals surface area (Å²) >= 11 is 0. The monoisotopic (exact) mass is 441 g/mol. The molecule has 6 nitrogen and oxygen atoms in total. The number of aryl methyl sites for hydroxylation is 2. The minimum absolute atomic E-state index is 0.00312. The van der Waals surface area contributed by atoms with Crippen molar-refractivity contribution in [2.75, 3.05) is 12.0 Å². The Morgan fingerprint density at radius 3 is 2.36 bits per heavy atom. The van der Waals surface area contributed by atoms with Crippen LogP contribution >= 0.6 is 0 Å². The number of ketones is 1. The molecule has 0 aromatic heterocycles. The first-order valence-corrected chi connectivity index (χ1v) is 10.5. The number of anilines is 1. The van der Waals surface area contributed by atoms with Crippen LogP contribution in [0.2, 0.25) is 0 Å². The Morgan fingerprint density at radius 1 is 0.939 bits per heavy atom. The Hall–Kier alpha value is -4.19. The minimum Gasteiger partial charge on any atom is -0.507 e. The van der Waals surface area contributed by atoms with Gasteiger partial charge in [-0.1, -0.05) is 54.1 Å². The topological polar surface area (TPSA) is 83.9 Å². The molecule has 1 unspecified atom stereocenters. The van der Waals surface area contributed by atoms with Crippen molar-refractivity contribution in [2.45, 2.75) is 19.9 Å². The smallest absolute Gasteiger partial charge is 0.337 e. The second kappa shape index (κ2) is 8.74. The van der Waals surface area contributed by atoms with Crippen molar-refractivity contribution >= 4 is 29.1 Å². The lowest BCUT2D eigenvalue weighted by Gasteiger charge is -2.26. The van der Waals surface area contributed by atoms with E-state index in [4.69, 9.17) is 4.74 Å². The molecule has 1 atom stereocenters. The molecule has 33 heavy (non-hydrogen) atoms. The number of carbonyl (C=O) groups excluding carboxylic acids is 3. The Bertz CT molecular complexity index is 1290. The van der Waals surface area contributed by atoms with E-state index in [-0.39, 0.29) is 16.9 Å².